The third-order valence-corrected chi connectivity index (χ3v) is 1.92. The van der Waals surface area contributed by atoms with Crippen LogP contribution in [0.15, 0.2) is 30.3 Å². The van der Waals surface area contributed by atoms with E-state index in [1.54, 1.807) is 24.3 Å². The Labute approximate surface area is 93.1 Å². The van der Waals surface area contributed by atoms with Gasteiger partial charge < -0.3 is 10.8 Å². The maximum absolute atomic E-state index is 13.2. The number of carbonyl (C=O) groups is 1. The van der Waals surface area contributed by atoms with Gasteiger partial charge in [-0.15, -0.1) is 0 Å². The second-order valence-electron chi connectivity index (χ2n) is 3.28. The van der Waals surface area contributed by atoms with E-state index in [9.17, 15) is 9.18 Å². The number of benzene rings is 1. The molecule has 0 aliphatic carbocycles. The first kappa shape index (κ1) is 12.2. The van der Waals surface area contributed by atoms with Crippen LogP contribution in [0, 0.1) is 11.8 Å². The summed E-state index contributed by atoms with van der Waals surface area (Å²) in [7, 11) is 0. The van der Waals surface area contributed by atoms with E-state index in [0.717, 1.165) is 0 Å². The molecule has 0 radical (unpaired) electrons. The smallest absolute Gasteiger partial charge is 0.320 e. The van der Waals surface area contributed by atoms with Gasteiger partial charge in [-0.05, 0) is 12.1 Å². The quantitative estimate of drug-likeness (QED) is 0.753. The molecule has 0 fully saturated rings. The number of carboxylic acids is 1. The van der Waals surface area contributed by atoms with Crippen LogP contribution in [0.5, 0.6) is 0 Å². The van der Waals surface area contributed by atoms with Gasteiger partial charge in [-0.25, -0.2) is 4.39 Å². The fraction of sp³-hybridized carbons (Fsp3) is 0.250. The molecule has 2 atom stereocenters. The van der Waals surface area contributed by atoms with Crippen LogP contribution in [0.4, 0.5) is 4.39 Å². The molecule has 3 N–H and O–H groups in total. The summed E-state index contributed by atoms with van der Waals surface area (Å²) in [6.45, 7) is 0. The summed E-state index contributed by atoms with van der Waals surface area (Å²) in [5, 5.41) is 8.48. The molecule has 0 aliphatic heterocycles. The Balaban J connectivity index is 2.55. The zero-order valence-corrected chi connectivity index (χ0v) is 8.56. The van der Waals surface area contributed by atoms with Gasteiger partial charge in [0.1, 0.15) is 6.04 Å². The van der Waals surface area contributed by atoms with Crippen molar-refractivity contribution in [1.82, 2.24) is 0 Å². The number of aliphatic carboxylic acids is 1. The molecule has 0 heterocycles. The highest BCUT2D eigenvalue weighted by Crippen LogP contribution is 2.01. The van der Waals surface area contributed by atoms with Crippen LogP contribution in [-0.2, 0) is 4.79 Å². The van der Waals surface area contributed by atoms with Crippen molar-refractivity contribution in [3.8, 4) is 11.8 Å². The van der Waals surface area contributed by atoms with Crippen molar-refractivity contribution in [1.29, 1.82) is 0 Å². The molecule has 0 spiro atoms. The number of halogens is 1. The fourth-order valence-electron chi connectivity index (χ4n) is 1.07. The molecule has 1 rings (SSSR count). The van der Waals surface area contributed by atoms with Crippen molar-refractivity contribution in [2.45, 2.75) is 18.6 Å². The molecule has 0 aromatic heterocycles. The number of nitrogens with two attached hydrogens (primary N) is 1. The first-order valence-corrected chi connectivity index (χ1v) is 4.78. The van der Waals surface area contributed by atoms with Crippen molar-refractivity contribution >= 4 is 5.97 Å². The van der Waals surface area contributed by atoms with Crippen molar-refractivity contribution in [3.63, 3.8) is 0 Å². The van der Waals surface area contributed by atoms with Crippen molar-refractivity contribution in [2.75, 3.05) is 0 Å². The van der Waals surface area contributed by atoms with Gasteiger partial charge in [-0.1, -0.05) is 30.0 Å². The van der Waals surface area contributed by atoms with E-state index in [1.807, 2.05) is 6.07 Å². The SMILES string of the molecule is N[C@H](C[C@H](F)C#Cc1ccccc1)C(=O)O. The van der Waals surface area contributed by atoms with E-state index >= 15 is 0 Å². The molecule has 84 valence electrons. The summed E-state index contributed by atoms with van der Waals surface area (Å²) in [6, 6.07) is 7.70. The minimum absolute atomic E-state index is 0.296. The maximum Gasteiger partial charge on any atom is 0.320 e. The van der Waals surface area contributed by atoms with Crippen LogP contribution in [-0.4, -0.2) is 23.3 Å². The average Bonchev–Trinajstić information content (AvgIpc) is 2.27. The molecule has 1 aromatic carbocycles. The Bertz CT molecular complexity index is 408. The minimum atomic E-state index is -1.52. The number of alkyl halides is 1. The number of hydrogen-bond donors (Lipinski definition) is 2. The monoisotopic (exact) mass is 221 g/mol. The molecule has 3 nitrogen and oxygen atoms in total. The van der Waals surface area contributed by atoms with Crippen molar-refractivity contribution in [3.05, 3.63) is 35.9 Å². The van der Waals surface area contributed by atoms with Crippen LogP contribution in [0.3, 0.4) is 0 Å². The van der Waals surface area contributed by atoms with Gasteiger partial charge >= 0.3 is 5.97 Å². The van der Waals surface area contributed by atoms with Gasteiger partial charge in [-0.2, -0.15) is 0 Å². The summed E-state index contributed by atoms with van der Waals surface area (Å²) in [5.41, 5.74) is 5.87. The zero-order valence-electron chi connectivity index (χ0n) is 8.56. The van der Waals surface area contributed by atoms with E-state index in [4.69, 9.17) is 10.8 Å². The van der Waals surface area contributed by atoms with Crippen LogP contribution in [0.2, 0.25) is 0 Å². The topological polar surface area (TPSA) is 63.3 Å². The molecule has 1 aromatic rings. The highest BCUT2D eigenvalue weighted by molar-refractivity contribution is 5.73. The Kier molecular flexibility index (Phi) is 4.49. The minimum Gasteiger partial charge on any atom is -0.480 e. The molecule has 0 bridgehead atoms. The highest BCUT2D eigenvalue weighted by Gasteiger charge is 2.16. The predicted octanol–water partition coefficient (Wildman–Crippen LogP) is 1.18. The van der Waals surface area contributed by atoms with Gasteiger partial charge in [0.25, 0.3) is 0 Å². The first-order valence-electron chi connectivity index (χ1n) is 4.78. The van der Waals surface area contributed by atoms with Gasteiger partial charge in [0.05, 0.1) is 0 Å². The molecule has 0 saturated heterocycles. The largest absolute Gasteiger partial charge is 0.480 e. The second kappa shape index (κ2) is 5.89. The third-order valence-electron chi connectivity index (χ3n) is 1.92. The zero-order chi connectivity index (χ0) is 12.0. The molecule has 16 heavy (non-hydrogen) atoms. The van der Waals surface area contributed by atoms with Crippen LogP contribution in [0.1, 0.15) is 12.0 Å². The molecule has 0 saturated carbocycles. The van der Waals surface area contributed by atoms with Gasteiger partial charge in [0, 0.05) is 12.0 Å². The summed E-state index contributed by atoms with van der Waals surface area (Å²) in [6.07, 6.45) is -1.82. The predicted molar refractivity (Wildman–Crippen MR) is 58.4 cm³/mol. The Morgan fingerprint density at radius 2 is 2.06 bits per heavy atom. The van der Waals surface area contributed by atoms with Crippen LogP contribution < -0.4 is 5.73 Å². The summed E-state index contributed by atoms with van der Waals surface area (Å²) in [4.78, 5) is 10.4. The lowest BCUT2D eigenvalue weighted by molar-refractivity contribution is -0.138. The molecule has 0 aliphatic rings. The molecular weight excluding hydrogens is 209 g/mol. The summed E-state index contributed by atoms with van der Waals surface area (Å²) >= 11 is 0. The lowest BCUT2D eigenvalue weighted by Crippen LogP contribution is -2.32. The maximum atomic E-state index is 13.2. The van der Waals surface area contributed by atoms with Crippen molar-refractivity contribution in [2.24, 2.45) is 5.73 Å². The van der Waals surface area contributed by atoms with E-state index in [0.29, 0.717) is 5.56 Å². The number of rotatable bonds is 3. The summed E-state index contributed by atoms with van der Waals surface area (Å²) < 4.78 is 13.2. The Morgan fingerprint density at radius 3 is 2.62 bits per heavy atom. The Morgan fingerprint density at radius 1 is 1.44 bits per heavy atom. The highest BCUT2D eigenvalue weighted by atomic mass is 19.1. The van der Waals surface area contributed by atoms with Crippen LogP contribution >= 0.6 is 0 Å². The second-order valence-corrected chi connectivity index (χ2v) is 3.28. The lowest BCUT2D eigenvalue weighted by Gasteiger charge is -2.05. The Hall–Kier alpha value is -1.86. The van der Waals surface area contributed by atoms with E-state index < -0.39 is 18.2 Å². The summed E-state index contributed by atoms with van der Waals surface area (Å²) in [5.74, 6) is 3.72. The number of hydrogen-bond acceptors (Lipinski definition) is 2. The molecule has 0 unspecified atom stereocenters. The number of carboxylic acid groups (broad SMARTS) is 1. The van der Waals surface area contributed by atoms with E-state index in [-0.39, 0.29) is 6.42 Å². The standard InChI is InChI=1S/C12H12FNO2/c13-10(8-11(14)12(15)16)7-6-9-4-2-1-3-5-9/h1-5,10-11H,8,14H2,(H,15,16)/t10-,11-/m1/s1. The molecule has 4 heteroatoms. The van der Waals surface area contributed by atoms with Gasteiger partial charge in [0.15, 0.2) is 6.17 Å². The molecular formula is C12H12FNO2. The van der Waals surface area contributed by atoms with Crippen molar-refractivity contribution < 1.29 is 14.3 Å². The third kappa shape index (κ3) is 4.11. The average molecular weight is 221 g/mol. The lowest BCUT2D eigenvalue weighted by atomic mass is 10.1. The van der Waals surface area contributed by atoms with Gasteiger partial charge in [0.2, 0.25) is 0 Å². The molecule has 0 amide bonds. The first-order chi connectivity index (χ1) is 7.59. The normalized spacial score (nSPS) is 13.4. The fourth-order valence-corrected chi connectivity index (χ4v) is 1.07. The van der Waals surface area contributed by atoms with Crippen LogP contribution in [0.25, 0.3) is 0 Å². The van der Waals surface area contributed by atoms with E-state index in [1.165, 1.54) is 0 Å². The van der Waals surface area contributed by atoms with Gasteiger partial charge in [-0.3, -0.25) is 4.79 Å². The van der Waals surface area contributed by atoms with E-state index in [2.05, 4.69) is 11.8 Å².